The lowest BCUT2D eigenvalue weighted by Gasteiger charge is -2.24. The summed E-state index contributed by atoms with van der Waals surface area (Å²) in [5.74, 6) is 0. The minimum Gasteiger partial charge on any atom is -0.315 e. The Morgan fingerprint density at radius 3 is 2.57 bits per heavy atom. The van der Waals surface area contributed by atoms with Gasteiger partial charge in [0.25, 0.3) is 0 Å². The first kappa shape index (κ1) is 13.4. The van der Waals surface area contributed by atoms with Crippen LogP contribution >= 0.6 is 0 Å². The predicted molar refractivity (Wildman–Crippen MR) is 61.0 cm³/mol. The monoisotopic (exact) mass is 196 g/mol. The van der Waals surface area contributed by atoms with Crippen LogP contribution < -0.4 is 5.32 Å². The first-order valence-corrected chi connectivity index (χ1v) is 5.70. The van der Waals surface area contributed by atoms with Gasteiger partial charge in [0, 0.05) is 19.5 Å². The zero-order valence-corrected chi connectivity index (χ0v) is 9.90. The number of rotatable bonds is 8. The van der Waals surface area contributed by atoms with Crippen LogP contribution in [-0.2, 0) is 0 Å². The van der Waals surface area contributed by atoms with Gasteiger partial charge in [0.05, 0.1) is 6.07 Å². The van der Waals surface area contributed by atoms with Crippen LogP contribution in [0.3, 0.4) is 0 Å². The fourth-order valence-corrected chi connectivity index (χ4v) is 1.51. The second kappa shape index (κ2) is 7.82. The average Bonchev–Trinajstić information content (AvgIpc) is 2.13. The van der Waals surface area contributed by atoms with E-state index in [0.717, 1.165) is 13.1 Å². The van der Waals surface area contributed by atoms with Crippen molar-refractivity contribution in [1.29, 1.82) is 5.26 Å². The molecule has 0 aliphatic rings. The summed E-state index contributed by atoms with van der Waals surface area (Å²) in [5, 5.41) is 11.7. The molecule has 2 heteroatoms. The highest BCUT2D eigenvalue weighted by atomic mass is 14.9. The third kappa shape index (κ3) is 8.07. The maximum Gasteiger partial charge on any atom is 0.0635 e. The van der Waals surface area contributed by atoms with E-state index in [1.807, 2.05) is 0 Å². The summed E-state index contributed by atoms with van der Waals surface area (Å²) in [6, 6.07) is 2.14. The second-order valence-electron chi connectivity index (χ2n) is 4.71. The fraction of sp³-hybridized carbons (Fsp3) is 0.917. The van der Waals surface area contributed by atoms with Crippen molar-refractivity contribution in [2.45, 2.75) is 52.9 Å². The van der Waals surface area contributed by atoms with Crippen molar-refractivity contribution in [3.8, 4) is 6.07 Å². The standard InChI is InChI=1S/C12H24N2/c1-4-5-6-8-12(2,3)11-14-10-7-9-13/h14H,4-8,10-11H2,1-3H3. The smallest absolute Gasteiger partial charge is 0.0635 e. The third-order valence-corrected chi connectivity index (χ3v) is 2.47. The Bertz CT molecular complexity index is 168. The molecule has 0 amide bonds. The number of nitriles is 1. The molecule has 0 aliphatic heterocycles. The SMILES string of the molecule is CCCCCC(C)(C)CNCCC#N. The Kier molecular flexibility index (Phi) is 7.51. The Morgan fingerprint density at radius 2 is 2.00 bits per heavy atom. The van der Waals surface area contributed by atoms with Gasteiger partial charge in [-0.1, -0.05) is 40.0 Å². The van der Waals surface area contributed by atoms with Crippen molar-refractivity contribution in [1.82, 2.24) is 5.32 Å². The van der Waals surface area contributed by atoms with Crippen LogP contribution in [-0.4, -0.2) is 13.1 Å². The molecule has 0 aromatic heterocycles. The number of hydrogen-bond acceptors (Lipinski definition) is 2. The zero-order chi connectivity index (χ0) is 10.9. The summed E-state index contributed by atoms with van der Waals surface area (Å²) in [7, 11) is 0. The van der Waals surface area contributed by atoms with Crippen LogP contribution in [0.2, 0.25) is 0 Å². The van der Waals surface area contributed by atoms with Crippen LogP contribution in [0.5, 0.6) is 0 Å². The van der Waals surface area contributed by atoms with Crippen molar-refractivity contribution in [2.24, 2.45) is 5.41 Å². The Hall–Kier alpha value is -0.550. The van der Waals surface area contributed by atoms with Gasteiger partial charge in [-0.05, 0) is 11.8 Å². The molecule has 1 N–H and O–H groups in total. The van der Waals surface area contributed by atoms with Gasteiger partial charge in [-0.2, -0.15) is 5.26 Å². The maximum atomic E-state index is 8.38. The quantitative estimate of drug-likeness (QED) is 0.605. The number of nitrogens with zero attached hydrogens (tertiary/aromatic N) is 1. The van der Waals surface area contributed by atoms with Crippen molar-refractivity contribution in [2.75, 3.05) is 13.1 Å². The van der Waals surface area contributed by atoms with Crippen molar-refractivity contribution < 1.29 is 0 Å². The predicted octanol–water partition coefficient (Wildman–Crippen LogP) is 3.10. The van der Waals surface area contributed by atoms with E-state index >= 15 is 0 Å². The first-order chi connectivity index (χ1) is 6.62. The van der Waals surface area contributed by atoms with Gasteiger partial charge >= 0.3 is 0 Å². The molecule has 0 aliphatic carbocycles. The van der Waals surface area contributed by atoms with E-state index in [4.69, 9.17) is 5.26 Å². The Balaban J connectivity index is 3.46. The fourth-order valence-electron chi connectivity index (χ4n) is 1.51. The minimum absolute atomic E-state index is 0.380. The molecule has 0 spiro atoms. The largest absolute Gasteiger partial charge is 0.315 e. The summed E-state index contributed by atoms with van der Waals surface area (Å²) in [5.41, 5.74) is 0.380. The number of nitrogens with one attached hydrogen (secondary N) is 1. The van der Waals surface area contributed by atoms with E-state index in [0.29, 0.717) is 11.8 Å². The van der Waals surface area contributed by atoms with Gasteiger partial charge in [0.2, 0.25) is 0 Å². The molecular formula is C12H24N2. The molecule has 0 atom stereocenters. The van der Waals surface area contributed by atoms with E-state index in [1.165, 1.54) is 25.7 Å². The van der Waals surface area contributed by atoms with E-state index < -0.39 is 0 Å². The summed E-state index contributed by atoms with van der Waals surface area (Å²) >= 11 is 0. The normalized spacial score (nSPS) is 11.3. The lowest BCUT2D eigenvalue weighted by Crippen LogP contribution is -2.29. The highest BCUT2D eigenvalue weighted by Crippen LogP contribution is 2.22. The molecule has 0 bridgehead atoms. The Morgan fingerprint density at radius 1 is 1.29 bits per heavy atom. The van der Waals surface area contributed by atoms with E-state index in [9.17, 15) is 0 Å². The van der Waals surface area contributed by atoms with E-state index in [2.05, 4.69) is 32.2 Å². The summed E-state index contributed by atoms with van der Waals surface area (Å²) in [4.78, 5) is 0. The molecule has 0 aromatic carbocycles. The van der Waals surface area contributed by atoms with Gasteiger partial charge in [-0.25, -0.2) is 0 Å². The van der Waals surface area contributed by atoms with Crippen molar-refractivity contribution in [3.05, 3.63) is 0 Å². The van der Waals surface area contributed by atoms with Gasteiger partial charge in [-0.3, -0.25) is 0 Å². The van der Waals surface area contributed by atoms with Gasteiger partial charge in [0.1, 0.15) is 0 Å². The van der Waals surface area contributed by atoms with Crippen LogP contribution in [0.1, 0.15) is 52.9 Å². The summed E-state index contributed by atoms with van der Waals surface area (Å²) in [6.07, 6.45) is 5.84. The topological polar surface area (TPSA) is 35.8 Å². The van der Waals surface area contributed by atoms with Gasteiger partial charge < -0.3 is 5.32 Å². The van der Waals surface area contributed by atoms with Crippen LogP contribution in [0.4, 0.5) is 0 Å². The molecule has 0 radical (unpaired) electrons. The lowest BCUT2D eigenvalue weighted by molar-refractivity contribution is 0.304. The van der Waals surface area contributed by atoms with E-state index in [1.54, 1.807) is 0 Å². The maximum absolute atomic E-state index is 8.38. The summed E-state index contributed by atoms with van der Waals surface area (Å²) < 4.78 is 0. The first-order valence-electron chi connectivity index (χ1n) is 5.70. The van der Waals surface area contributed by atoms with Gasteiger partial charge in [0.15, 0.2) is 0 Å². The number of unbranched alkanes of at least 4 members (excludes halogenated alkanes) is 2. The van der Waals surface area contributed by atoms with Gasteiger partial charge in [-0.15, -0.1) is 0 Å². The average molecular weight is 196 g/mol. The van der Waals surface area contributed by atoms with E-state index in [-0.39, 0.29) is 0 Å². The molecule has 0 fully saturated rings. The van der Waals surface area contributed by atoms with Crippen LogP contribution in [0, 0.1) is 16.7 Å². The van der Waals surface area contributed by atoms with Crippen LogP contribution in [0.25, 0.3) is 0 Å². The zero-order valence-electron chi connectivity index (χ0n) is 9.90. The molecule has 2 nitrogen and oxygen atoms in total. The molecule has 0 rings (SSSR count). The third-order valence-electron chi connectivity index (χ3n) is 2.47. The molecule has 0 aromatic rings. The number of hydrogen-bond donors (Lipinski definition) is 1. The summed E-state index contributed by atoms with van der Waals surface area (Å²) in [6.45, 7) is 8.67. The minimum atomic E-state index is 0.380. The molecule has 0 heterocycles. The van der Waals surface area contributed by atoms with Crippen molar-refractivity contribution >= 4 is 0 Å². The highest BCUT2D eigenvalue weighted by molar-refractivity contribution is 4.74. The van der Waals surface area contributed by atoms with Crippen molar-refractivity contribution in [3.63, 3.8) is 0 Å². The molecular weight excluding hydrogens is 172 g/mol. The highest BCUT2D eigenvalue weighted by Gasteiger charge is 2.15. The molecule has 0 saturated heterocycles. The lowest BCUT2D eigenvalue weighted by atomic mass is 9.87. The molecule has 0 unspecified atom stereocenters. The molecule has 82 valence electrons. The molecule has 0 saturated carbocycles. The van der Waals surface area contributed by atoms with Crippen LogP contribution in [0.15, 0.2) is 0 Å². The Labute approximate surface area is 88.7 Å². The second-order valence-corrected chi connectivity index (χ2v) is 4.71. The molecule has 14 heavy (non-hydrogen) atoms.